The van der Waals surface area contributed by atoms with Gasteiger partial charge in [0, 0.05) is 24.6 Å². The summed E-state index contributed by atoms with van der Waals surface area (Å²) >= 11 is 7.94. The average Bonchev–Trinajstić information content (AvgIpc) is 2.71. The van der Waals surface area contributed by atoms with Crippen molar-refractivity contribution in [2.24, 2.45) is 0 Å². The Morgan fingerprint density at radius 1 is 1.67 bits per heavy atom. The summed E-state index contributed by atoms with van der Waals surface area (Å²) in [7, 11) is 2.00. The van der Waals surface area contributed by atoms with E-state index in [0.29, 0.717) is 10.7 Å². The molecule has 0 spiro atoms. The van der Waals surface area contributed by atoms with Crippen molar-refractivity contribution in [3.8, 4) is 0 Å². The lowest BCUT2D eigenvalue weighted by Crippen LogP contribution is -2.45. The summed E-state index contributed by atoms with van der Waals surface area (Å²) < 4.78 is 1.73. The van der Waals surface area contributed by atoms with E-state index in [1.807, 2.05) is 18.8 Å². The van der Waals surface area contributed by atoms with Crippen molar-refractivity contribution in [3.63, 3.8) is 0 Å². The summed E-state index contributed by atoms with van der Waals surface area (Å²) in [6, 6.07) is -0.0754. The first-order valence-corrected chi connectivity index (χ1v) is 7.72. The highest BCUT2D eigenvalue weighted by Crippen LogP contribution is 2.23. The Hall–Kier alpha value is -0.520. The Balaban J connectivity index is 2.24. The maximum absolute atomic E-state index is 12.6. The monoisotopic (exact) mass is 287 g/mol. The standard InChI is InChI=1S/C12H18ClN3OS/c1-3-4-16-11(9(13)7-14-16)12(17)10-8-18-6-5-15(10)2/h7,10H,3-6,8H2,1-2H3. The van der Waals surface area contributed by atoms with Crippen LogP contribution in [0.25, 0.3) is 0 Å². The molecule has 1 aromatic heterocycles. The minimum Gasteiger partial charge on any atom is -0.295 e. The highest BCUT2D eigenvalue weighted by Gasteiger charge is 2.30. The van der Waals surface area contributed by atoms with E-state index in [1.165, 1.54) is 0 Å². The van der Waals surface area contributed by atoms with E-state index < -0.39 is 0 Å². The molecule has 18 heavy (non-hydrogen) atoms. The summed E-state index contributed by atoms with van der Waals surface area (Å²) in [4.78, 5) is 14.7. The first-order valence-electron chi connectivity index (χ1n) is 6.18. The number of aryl methyl sites for hydroxylation is 1. The first-order chi connectivity index (χ1) is 8.65. The van der Waals surface area contributed by atoms with Crippen molar-refractivity contribution < 1.29 is 4.79 Å². The predicted octanol–water partition coefficient (Wildman–Crippen LogP) is 2.18. The van der Waals surface area contributed by atoms with E-state index in [1.54, 1.807) is 10.9 Å². The molecule has 0 N–H and O–H groups in total. The third kappa shape index (κ3) is 2.73. The minimum atomic E-state index is -0.0754. The van der Waals surface area contributed by atoms with Crippen LogP contribution in [0.1, 0.15) is 23.8 Å². The summed E-state index contributed by atoms with van der Waals surface area (Å²) in [5, 5.41) is 4.65. The van der Waals surface area contributed by atoms with Gasteiger partial charge in [-0.3, -0.25) is 14.4 Å². The van der Waals surface area contributed by atoms with E-state index in [2.05, 4.69) is 16.9 Å². The van der Waals surface area contributed by atoms with Crippen molar-refractivity contribution >= 4 is 29.1 Å². The molecule has 6 heteroatoms. The summed E-state index contributed by atoms with van der Waals surface area (Å²) in [6.45, 7) is 3.74. The fraction of sp³-hybridized carbons (Fsp3) is 0.667. The molecule has 0 saturated carbocycles. The third-order valence-corrected chi connectivity index (χ3v) is 4.46. The van der Waals surface area contributed by atoms with Gasteiger partial charge in [0.1, 0.15) is 5.69 Å². The molecule has 0 aliphatic carbocycles. The normalized spacial score (nSPS) is 21.2. The van der Waals surface area contributed by atoms with E-state index >= 15 is 0 Å². The average molecular weight is 288 g/mol. The number of ketones is 1. The molecule has 4 nitrogen and oxygen atoms in total. The summed E-state index contributed by atoms with van der Waals surface area (Å²) in [6.07, 6.45) is 2.51. The lowest BCUT2D eigenvalue weighted by molar-refractivity contribution is 0.0863. The molecule has 0 amide bonds. The van der Waals surface area contributed by atoms with E-state index in [0.717, 1.165) is 31.0 Å². The molecule has 0 radical (unpaired) electrons. The molecule has 1 aliphatic heterocycles. The lowest BCUT2D eigenvalue weighted by atomic mass is 10.1. The van der Waals surface area contributed by atoms with Gasteiger partial charge in [0.15, 0.2) is 5.78 Å². The van der Waals surface area contributed by atoms with Crippen molar-refractivity contribution in [1.29, 1.82) is 0 Å². The fourth-order valence-electron chi connectivity index (χ4n) is 2.11. The Morgan fingerprint density at radius 2 is 2.44 bits per heavy atom. The van der Waals surface area contributed by atoms with Gasteiger partial charge >= 0.3 is 0 Å². The first kappa shape index (κ1) is 13.9. The highest BCUT2D eigenvalue weighted by atomic mass is 35.5. The Labute approximate surface area is 117 Å². The number of rotatable bonds is 4. The number of carbonyl (C=O) groups is 1. The maximum atomic E-state index is 12.6. The van der Waals surface area contributed by atoms with Crippen LogP contribution in [-0.4, -0.2) is 51.6 Å². The van der Waals surface area contributed by atoms with Crippen molar-refractivity contribution in [1.82, 2.24) is 14.7 Å². The van der Waals surface area contributed by atoms with Gasteiger partial charge in [0.2, 0.25) is 0 Å². The number of carbonyl (C=O) groups excluding carboxylic acids is 1. The minimum absolute atomic E-state index is 0.0754. The summed E-state index contributed by atoms with van der Waals surface area (Å²) in [5.74, 6) is 2.02. The highest BCUT2D eigenvalue weighted by molar-refractivity contribution is 7.99. The molecule has 1 aromatic rings. The van der Waals surface area contributed by atoms with Crippen LogP contribution in [0.5, 0.6) is 0 Å². The largest absolute Gasteiger partial charge is 0.295 e. The summed E-state index contributed by atoms with van der Waals surface area (Å²) in [5.41, 5.74) is 0.567. The van der Waals surface area contributed by atoms with E-state index in [9.17, 15) is 4.79 Å². The Morgan fingerprint density at radius 3 is 3.11 bits per heavy atom. The van der Waals surface area contributed by atoms with Crippen molar-refractivity contribution in [2.45, 2.75) is 25.9 Å². The molecule has 1 unspecified atom stereocenters. The molecule has 1 atom stereocenters. The quantitative estimate of drug-likeness (QED) is 0.796. The second-order valence-corrected chi connectivity index (χ2v) is 6.06. The number of likely N-dealkylation sites (N-methyl/N-ethyl adjacent to an activating group) is 1. The van der Waals surface area contributed by atoms with Gasteiger partial charge in [-0.05, 0) is 13.5 Å². The van der Waals surface area contributed by atoms with Crippen molar-refractivity contribution in [3.05, 3.63) is 16.9 Å². The Bertz CT molecular complexity index is 435. The zero-order chi connectivity index (χ0) is 13.1. The van der Waals surface area contributed by atoms with Gasteiger partial charge in [-0.25, -0.2) is 0 Å². The number of hydrogen-bond donors (Lipinski definition) is 0. The van der Waals surface area contributed by atoms with Crippen LogP contribution in [0.2, 0.25) is 5.02 Å². The molecule has 1 saturated heterocycles. The van der Waals surface area contributed by atoms with Gasteiger partial charge in [-0.15, -0.1) is 0 Å². The maximum Gasteiger partial charge on any atom is 0.200 e. The van der Waals surface area contributed by atoms with Gasteiger partial charge in [-0.1, -0.05) is 18.5 Å². The van der Waals surface area contributed by atoms with Crippen LogP contribution < -0.4 is 0 Å². The second-order valence-electron chi connectivity index (χ2n) is 4.50. The Kier molecular flexibility index (Phi) is 4.70. The number of nitrogens with zero attached hydrogens (tertiary/aromatic N) is 3. The van der Waals surface area contributed by atoms with Crippen LogP contribution in [-0.2, 0) is 6.54 Å². The molecular formula is C12H18ClN3OS. The van der Waals surface area contributed by atoms with E-state index in [4.69, 9.17) is 11.6 Å². The second kappa shape index (κ2) is 6.08. The van der Waals surface area contributed by atoms with Crippen LogP contribution in [0.4, 0.5) is 0 Å². The zero-order valence-corrected chi connectivity index (χ0v) is 12.3. The van der Waals surface area contributed by atoms with E-state index in [-0.39, 0.29) is 11.8 Å². The zero-order valence-electron chi connectivity index (χ0n) is 10.7. The van der Waals surface area contributed by atoms with Crippen LogP contribution >= 0.6 is 23.4 Å². The van der Waals surface area contributed by atoms with Crippen LogP contribution in [0, 0.1) is 0 Å². The molecule has 1 aliphatic rings. The van der Waals surface area contributed by atoms with Crippen LogP contribution in [0.15, 0.2) is 6.20 Å². The molecule has 0 aromatic carbocycles. The predicted molar refractivity (Wildman–Crippen MR) is 75.6 cm³/mol. The third-order valence-electron chi connectivity index (χ3n) is 3.16. The van der Waals surface area contributed by atoms with Crippen LogP contribution in [0.3, 0.4) is 0 Å². The number of halogens is 1. The van der Waals surface area contributed by atoms with Gasteiger partial charge < -0.3 is 0 Å². The number of hydrogen-bond acceptors (Lipinski definition) is 4. The number of Topliss-reactive ketones (excluding diaryl/α,β-unsaturated/α-hetero) is 1. The molecule has 0 bridgehead atoms. The van der Waals surface area contributed by atoms with Crippen molar-refractivity contribution in [2.75, 3.05) is 25.1 Å². The number of aromatic nitrogens is 2. The molecule has 1 fully saturated rings. The smallest absolute Gasteiger partial charge is 0.200 e. The molecule has 2 rings (SSSR count). The van der Waals surface area contributed by atoms with Gasteiger partial charge in [0.05, 0.1) is 17.3 Å². The number of thioether (sulfide) groups is 1. The van der Waals surface area contributed by atoms with Gasteiger partial charge in [0.25, 0.3) is 0 Å². The molecule has 2 heterocycles. The lowest BCUT2D eigenvalue weighted by Gasteiger charge is -2.30. The molecule has 100 valence electrons. The van der Waals surface area contributed by atoms with Gasteiger partial charge in [-0.2, -0.15) is 16.9 Å². The fourth-order valence-corrected chi connectivity index (χ4v) is 3.56. The topological polar surface area (TPSA) is 38.1 Å². The molecular weight excluding hydrogens is 270 g/mol. The SMILES string of the molecule is CCCn1ncc(Cl)c1C(=O)C1CSCCN1C.